The van der Waals surface area contributed by atoms with Gasteiger partial charge in [-0.25, -0.2) is 4.39 Å². The summed E-state index contributed by atoms with van der Waals surface area (Å²) in [4.78, 5) is 4.79. The van der Waals surface area contributed by atoms with Crippen LogP contribution in [0, 0.1) is 5.82 Å². The quantitative estimate of drug-likeness (QED) is 0.810. The number of halogens is 1. The number of benzene rings is 1. The minimum atomic E-state index is -0.247. The number of aromatic nitrogens is 2. The van der Waals surface area contributed by atoms with E-state index in [2.05, 4.69) is 14.7 Å². The van der Waals surface area contributed by atoms with Crippen LogP contribution in [0.3, 0.4) is 0 Å². The molecule has 6 heteroatoms. The van der Waals surface area contributed by atoms with Gasteiger partial charge in [0.05, 0.1) is 5.75 Å². The number of hydrogen-bond acceptors (Lipinski definition) is 5. The summed E-state index contributed by atoms with van der Waals surface area (Å²) in [5.41, 5.74) is 5.27. The van der Waals surface area contributed by atoms with Crippen molar-refractivity contribution in [2.24, 2.45) is 0 Å². The zero-order valence-corrected chi connectivity index (χ0v) is 8.50. The first-order valence-electron chi connectivity index (χ1n) is 4.20. The normalized spacial score (nSPS) is 10.5. The van der Waals surface area contributed by atoms with E-state index in [0.29, 0.717) is 11.6 Å². The standard InChI is InChI=1S/C9H8FN3OS/c10-6-1-3-7(4-2-6)15-5-8-12-9(11)14-13-8/h1-4H,5H2,(H2,11,12,13). The molecule has 0 amide bonds. The van der Waals surface area contributed by atoms with Gasteiger partial charge >= 0.3 is 6.01 Å². The molecule has 1 heterocycles. The Kier molecular flexibility index (Phi) is 2.86. The van der Waals surface area contributed by atoms with Crippen molar-refractivity contribution >= 4 is 17.8 Å². The minimum Gasteiger partial charge on any atom is -0.351 e. The fraction of sp³-hybridized carbons (Fsp3) is 0.111. The van der Waals surface area contributed by atoms with E-state index in [-0.39, 0.29) is 11.8 Å². The number of rotatable bonds is 3. The Morgan fingerprint density at radius 2 is 2.07 bits per heavy atom. The highest BCUT2D eigenvalue weighted by atomic mass is 32.2. The van der Waals surface area contributed by atoms with E-state index in [0.717, 1.165) is 4.90 Å². The van der Waals surface area contributed by atoms with Gasteiger partial charge in [0.15, 0.2) is 5.82 Å². The topological polar surface area (TPSA) is 64.9 Å². The average Bonchev–Trinajstić information content (AvgIpc) is 2.64. The lowest BCUT2D eigenvalue weighted by molar-refractivity contribution is 0.429. The lowest BCUT2D eigenvalue weighted by Gasteiger charge is -1.97. The SMILES string of the molecule is Nc1nc(CSc2ccc(F)cc2)no1. The van der Waals surface area contributed by atoms with Crippen molar-refractivity contribution in [2.45, 2.75) is 10.6 Å². The second kappa shape index (κ2) is 4.31. The maximum atomic E-state index is 12.6. The molecule has 15 heavy (non-hydrogen) atoms. The fourth-order valence-electron chi connectivity index (χ4n) is 1.00. The van der Waals surface area contributed by atoms with Gasteiger partial charge in [-0.2, -0.15) is 4.98 Å². The van der Waals surface area contributed by atoms with Crippen molar-refractivity contribution in [3.63, 3.8) is 0 Å². The smallest absolute Gasteiger partial charge is 0.318 e. The van der Waals surface area contributed by atoms with Gasteiger partial charge in [-0.15, -0.1) is 11.8 Å². The van der Waals surface area contributed by atoms with E-state index in [9.17, 15) is 4.39 Å². The molecule has 0 aliphatic carbocycles. The van der Waals surface area contributed by atoms with E-state index in [1.807, 2.05) is 0 Å². The molecule has 0 saturated carbocycles. The molecule has 0 aliphatic heterocycles. The summed E-state index contributed by atoms with van der Waals surface area (Å²) in [5.74, 6) is 0.830. The van der Waals surface area contributed by atoms with Crippen LogP contribution in [0.4, 0.5) is 10.4 Å². The zero-order chi connectivity index (χ0) is 10.7. The van der Waals surface area contributed by atoms with Crippen LogP contribution in [-0.4, -0.2) is 10.1 Å². The Balaban J connectivity index is 1.96. The molecule has 78 valence electrons. The molecule has 0 aliphatic rings. The molecule has 0 saturated heterocycles. The lowest BCUT2D eigenvalue weighted by atomic mass is 10.4. The van der Waals surface area contributed by atoms with Gasteiger partial charge in [-0.05, 0) is 24.3 Å². The molecule has 0 bridgehead atoms. The predicted octanol–water partition coefficient (Wildman–Crippen LogP) is 2.08. The van der Waals surface area contributed by atoms with Gasteiger partial charge in [0.2, 0.25) is 0 Å². The summed E-state index contributed by atoms with van der Waals surface area (Å²) in [5, 5.41) is 3.64. The first-order valence-corrected chi connectivity index (χ1v) is 5.19. The molecule has 1 aromatic heterocycles. The summed E-state index contributed by atoms with van der Waals surface area (Å²) in [6.45, 7) is 0. The average molecular weight is 225 g/mol. The van der Waals surface area contributed by atoms with Crippen molar-refractivity contribution < 1.29 is 8.91 Å². The van der Waals surface area contributed by atoms with Gasteiger partial charge in [0.25, 0.3) is 0 Å². The van der Waals surface area contributed by atoms with Gasteiger partial charge in [-0.1, -0.05) is 5.16 Å². The summed E-state index contributed by atoms with van der Waals surface area (Å²) in [7, 11) is 0. The van der Waals surface area contributed by atoms with Crippen molar-refractivity contribution in [1.29, 1.82) is 0 Å². The van der Waals surface area contributed by atoms with Crippen LogP contribution in [0.25, 0.3) is 0 Å². The number of thioether (sulfide) groups is 1. The second-order valence-corrected chi connectivity index (χ2v) is 3.84. The Morgan fingerprint density at radius 1 is 1.33 bits per heavy atom. The van der Waals surface area contributed by atoms with Crippen LogP contribution < -0.4 is 5.73 Å². The van der Waals surface area contributed by atoms with Gasteiger partial charge in [0.1, 0.15) is 5.82 Å². The molecular formula is C9H8FN3OS. The molecule has 4 nitrogen and oxygen atoms in total. The van der Waals surface area contributed by atoms with Gasteiger partial charge < -0.3 is 10.3 Å². The third-order valence-corrected chi connectivity index (χ3v) is 2.67. The van der Waals surface area contributed by atoms with E-state index >= 15 is 0 Å². The van der Waals surface area contributed by atoms with Crippen LogP contribution in [-0.2, 0) is 5.75 Å². The predicted molar refractivity (Wildman–Crippen MR) is 54.7 cm³/mol. The Bertz CT molecular complexity index is 443. The summed E-state index contributed by atoms with van der Waals surface area (Å²) < 4.78 is 17.2. The highest BCUT2D eigenvalue weighted by molar-refractivity contribution is 7.98. The molecule has 2 aromatic rings. The molecule has 2 N–H and O–H groups in total. The number of anilines is 1. The molecule has 1 aromatic carbocycles. The highest BCUT2D eigenvalue weighted by Crippen LogP contribution is 2.21. The molecular weight excluding hydrogens is 217 g/mol. The van der Waals surface area contributed by atoms with Crippen LogP contribution in [0.2, 0.25) is 0 Å². The Morgan fingerprint density at radius 3 is 2.67 bits per heavy atom. The minimum absolute atomic E-state index is 0.0599. The summed E-state index contributed by atoms with van der Waals surface area (Å²) in [6.07, 6.45) is 0. The zero-order valence-electron chi connectivity index (χ0n) is 7.68. The first-order chi connectivity index (χ1) is 7.24. The summed E-state index contributed by atoms with van der Waals surface area (Å²) in [6, 6.07) is 6.27. The van der Waals surface area contributed by atoms with E-state index in [4.69, 9.17) is 5.73 Å². The third kappa shape index (κ3) is 2.69. The van der Waals surface area contributed by atoms with Crippen LogP contribution >= 0.6 is 11.8 Å². The first kappa shape index (κ1) is 9.97. The lowest BCUT2D eigenvalue weighted by Crippen LogP contribution is -1.86. The van der Waals surface area contributed by atoms with Crippen molar-refractivity contribution in [3.05, 3.63) is 35.9 Å². The summed E-state index contributed by atoms with van der Waals surface area (Å²) >= 11 is 1.49. The number of nitrogens with zero attached hydrogens (tertiary/aromatic N) is 2. The fourth-order valence-corrected chi connectivity index (χ4v) is 1.75. The number of hydrogen-bond donors (Lipinski definition) is 1. The van der Waals surface area contributed by atoms with E-state index in [1.165, 1.54) is 23.9 Å². The Labute approximate surface area is 89.7 Å². The Hall–Kier alpha value is -1.56. The van der Waals surface area contributed by atoms with Crippen molar-refractivity contribution in [2.75, 3.05) is 5.73 Å². The monoisotopic (exact) mass is 225 g/mol. The number of nitrogen functional groups attached to an aromatic ring is 1. The number of nitrogens with two attached hydrogens (primary N) is 1. The molecule has 0 radical (unpaired) electrons. The molecule has 0 spiro atoms. The maximum Gasteiger partial charge on any atom is 0.318 e. The van der Waals surface area contributed by atoms with Gasteiger partial charge in [0, 0.05) is 4.90 Å². The van der Waals surface area contributed by atoms with Crippen LogP contribution in [0.15, 0.2) is 33.7 Å². The molecule has 0 unspecified atom stereocenters. The maximum absolute atomic E-state index is 12.6. The highest BCUT2D eigenvalue weighted by Gasteiger charge is 2.03. The van der Waals surface area contributed by atoms with Crippen molar-refractivity contribution in [1.82, 2.24) is 10.1 Å². The molecule has 0 fully saturated rings. The molecule has 2 rings (SSSR count). The van der Waals surface area contributed by atoms with E-state index < -0.39 is 0 Å². The van der Waals surface area contributed by atoms with E-state index in [1.54, 1.807) is 12.1 Å². The third-order valence-electron chi connectivity index (χ3n) is 1.67. The second-order valence-electron chi connectivity index (χ2n) is 2.79. The van der Waals surface area contributed by atoms with Crippen molar-refractivity contribution in [3.8, 4) is 0 Å². The largest absolute Gasteiger partial charge is 0.351 e. The van der Waals surface area contributed by atoms with Gasteiger partial charge in [-0.3, -0.25) is 0 Å². The van der Waals surface area contributed by atoms with Crippen LogP contribution in [0.1, 0.15) is 5.82 Å². The van der Waals surface area contributed by atoms with Crippen LogP contribution in [0.5, 0.6) is 0 Å². The molecule has 0 atom stereocenters.